The summed E-state index contributed by atoms with van der Waals surface area (Å²) in [5.41, 5.74) is 8.88. The van der Waals surface area contributed by atoms with Gasteiger partial charge in [-0.3, -0.25) is 4.99 Å². The summed E-state index contributed by atoms with van der Waals surface area (Å²) < 4.78 is 1.17. The van der Waals surface area contributed by atoms with Crippen LogP contribution in [0.5, 0.6) is 0 Å². The molecule has 15 heavy (non-hydrogen) atoms. The van der Waals surface area contributed by atoms with Crippen LogP contribution in [-0.4, -0.2) is 12.9 Å². The summed E-state index contributed by atoms with van der Waals surface area (Å²) in [6.07, 6.45) is 1.63. The minimum absolute atomic E-state index is 0.537. The number of nitrogens with two attached hydrogens (primary N) is 1. The van der Waals surface area contributed by atoms with Gasteiger partial charge in [-0.15, -0.1) is 0 Å². The molecule has 1 rings (SSSR count). The molecule has 80 valence electrons. The lowest BCUT2D eigenvalue weighted by Crippen LogP contribution is -2.17. The molecule has 0 aliphatic rings. The number of hydrogen-bond donors (Lipinski definition) is 2. The maximum atomic E-state index is 5.87. The number of aliphatic imine (C=N–C) groups is 1. The van der Waals surface area contributed by atoms with Crippen molar-refractivity contribution in [1.29, 1.82) is 0 Å². The van der Waals surface area contributed by atoms with E-state index < -0.39 is 0 Å². The largest absolute Gasteiger partial charge is 0.383 e. The summed E-state index contributed by atoms with van der Waals surface area (Å²) in [6.45, 7) is 5.67. The van der Waals surface area contributed by atoms with Gasteiger partial charge in [-0.25, -0.2) is 0 Å². The van der Waals surface area contributed by atoms with Crippen molar-refractivity contribution in [2.75, 3.05) is 12.4 Å². The Morgan fingerprint density at radius 2 is 2.27 bits per heavy atom. The Bertz CT molecular complexity index is 411. The lowest BCUT2D eigenvalue weighted by molar-refractivity contribution is 1.33. The van der Waals surface area contributed by atoms with E-state index in [0.717, 1.165) is 16.8 Å². The molecule has 0 aromatic heterocycles. The number of amidine groups is 1. The zero-order chi connectivity index (χ0) is 11.4. The van der Waals surface area contributed by atoms with Crippen molar-refractivity contribution < 1.29 is 0 Å². The zero-order valence-electron chi connectivity index (χ0n) is 8.84. The molecule has 3 nitrogen and oxygen atoms in total. The quantitative estimate of drug-likeness (QED) is 0.511. The van der Waals surface area contributed by atoms with Crippen molar-refractivity contribution in [2.24, 2.45) is 10.7 Å². The van der Waals surface area contributed by atoms with Gasteiger partial charge >= 0.3 is 0 Å². The van der Waals surface area contributed by atoms with Gasteiger partial charge in [0.25, 0.3) is 0 Å². The molecule has 0 saturated carbocycles. The van der Waals surface area contributed by atoms with Crippen molar-refractivity contribution in [2.45, 2.75) is 6.92 Å². The predicted molar refractivity (Wildman–Crippen MR) is 74.4 cm³/mol. The third-order valence-electron chi connectivity index (χ3n) is 2.15. The standard InChI is InChI=1S/C11H14IN3/c1-4-15-9-6-5-8(12)7(2)10(9)11(13)14-3/h4-6,15H,1H2,2-3H3,(H2,13,14). The Balaban J connectivity index is 3.41. The molecule has 0 heterocycles. The van der Waals surface area contributed by atoms with Gasteiger partial charge in [0.1, 0.15) is 5.84 Å². The van der Waals surface area contributed by atoms with Crippen LogP contribution in [0.1, 0.15) is 11.1 Å². The third-order valence-corrected chi connectivity index (χ3v) is 3.32. The fourth-order valence-corrected chi connectivity index (χ4v) is 1.81. The van der Waals surface area contributed by atoms with Gasteiger partial charge in [0.2, 0.25) is 0 Å². The number of nitrogens with zero attached hydrogens (tertiary/aromatic N) is 1. The van der Waals surface area contributed by atoms with Crippen LogP contribution in [0.15, 0.2) is 29.9 Å². The molecule has 1 aromatic rings. The van der Waals surface area contributed by atoms with Gasteiger partial charge < -0.3 is 11.1 Å². The van der Waals surface area contributed by atoms with Gasteiger partial charge in [0, 0.05) is 21.9 Å². The molecule has 0 aliphatic heterocycles. The molecule has 0 unspecified atom stereocenters. The van der Waals surface area contributed by atoms with Crippen LogP contribution in [0.4, 0.5) is 5.69 Å². The Kier molecular flexibility index (Phi) is 4.14. The average molecular weight is 315 g/mol. The number of nitrogens with one attached hydrogen (secondary N) is 1. The smallest absolute Gasteiger partial charge is 0.127 e. The van der Waals surface area contributed by atoms with Crippen molar-refractivity contribution in [3.8, 4) is 0 Å². The Morgan fingerprint density at radius 1 is 1.60 bits per heavy atom. The highest BCUT2D eigenvalue weighted by atomic mass is 127. The van der Waals surface area contributed by atoms with E-state index in [0.29, 0.717) is 5.84 Å². The number of anilines is 1. The van der Waals surface area contributed by atoms with Crippen molar-refractivity contribution in [3.05, 3.63) is 39.6 Å². The van der Waals surface area contributed by atoms with Crippen LogP contribution < -0.4 is 11.1 Å². The normalized spacial score (nSPS) is 11.3. The van der Waals surface area contributed by atoms with E-state index in [1.165, 1.54) is 3.57 Å². The van der Waals surface area contributed by atoms with E-state index in [2.05, 4.69) is 39.5 Å². The lowest BCUT2D eigenvalue weighted by atomic mass is 10.1. The first-order valence-electron chi connectivity index (χ1n) is 4.51. The Labute approximate surface area is 104 Å². The van der Waals surface area contributed by atoms with Crippen LogP contribution in [0, 0.1) is 10.5 Å². The van der Waals surface area contributed by atoms with Crippen LogP contribution >= 0.6 is 22.6 Å². The third kappa shape index (κ3) is 2.50. The second-order valence-electron chi connectivity index (χ2n) is 3.05. The van der Waals surface area contributed by atoms with E-state index >= 15 is 0 Å². The van der Waals surface area contributed by atoms with Gasteiger partial charge in [-0.2, -0.15) is 0 Å². The molecule has 0 fully saturated rings. The molecular formula is C11H14IN3. The van der Waals surface area contributed by atoms with Crippen molar-refractivity contribution in [1.82, 2.24) is 0 Å². The van der Waals surface area contributed by atoms with Crippen LogP contribution in [0.25, 0.3) is 0 Å². The maximum Gasteiger partial charge on any atom is 0.127 e. The van der Waals surface area contributed by atoms with Gasteiger partial charge in [0.05, 0.1) is 0 Å². The van der Waals surface area contributed by atoms with Gasteiger partial charge in [0.15, 0.2) is 0 Å². The first kappa shape index (κ1) is 12.0. The minimum atomic E-state index is 0.537. The summed E-state index contributed by atoms with van der Waals surface area (Å²) in [5, 5.41) is 3.06. The average Bonchev–Trinajstić information content (AvgIpc) is 2.23. The summed E-state index contributed by atoms with van der Waals surface area (Å²) in [6, 6.07) is 4.01. The van der Waals surface area contributed by atoms with E-state index in [1.807, 2.05) is 19.1 Å². The highest BCUT2D eigenvalue weighted by Crippen LogP contribution is 2.24. The van der Waals surface area contributed by atoms with Crippen molar-refractivity contribution in [3.63, 3.8) is 0 Å². The fraction of sp³-hybridized carbons (Fsp3) is 0.182. The summed E-state index contributed by atoms with van der Waals surface area (Å²) in [4.78, 5) is 4.02. The number of hydrogen-bond acceptors (Lipinski definition) is 2. The molecule has 0 atom stereocenters. The van der Waals surface area contributed by atoms with Crippen LogP contribution in [-0.2, 0) is 0 Å². The first-order chi connectivity index (χ1) is 7.11. The van der Waals surface area contributed by atoms with E-state index in [9.17, 15) is 0 Å². The topological polar surface area (TPSA) is 50.4 Å². The number of halogens is 1. The molecule has 3 N–H and O–H groups in total. The number of benzene rings is 1. The minimum Gasteiger partial charge on any atom is -0.383 e. The second-order valence-corrected chi connectivity index (χ2v) is 4.21. The lowest BCUT2D eigenvalue weighted by Gasteiger charge is -2.13. The molecule has 0 saturated heterocycles. The summed E-state index contributed by atoms with van der Waals surface area (Å²) in [5.74, 6) is 0.537. The zero-order valence-corrected chi connectivity index (χ0v) is 11.0. The van der Waals surface area contributed by atoms with E-state index in [4.69, 9.17) is 5.73 Å². The molecular weight excluding hydrogens is 301 g/mol. The summed E-state index contributed by atoms with van der Waals surface area (Å²) in [7, 11) is 1.69. The maximum absolute atomic E-state index is 5.87. The molecule has 0 spiro atoms. The Morgan fingerprint density at radius 3 is 2.80 bits per heavy atom. The molecule has 0 radical (unpaired) electrons. The molecule has 0 amide bonds. The fourth-order valence-electron chi connectivity index (χ4n) is 1.36. The van der Waals surface area contributed by atoms with Gasteiger partial charge in [-0.05, 0) is 53.4 Å². The van der Waals surface area contributed by atoms with Gasteiger partial charge in [-0.1, -0.05) is 6.58 Å². The highest BCUT2D eigenvalue weighted by molar-refractivity contribution is 14.1. The first-order valence-corrected chi connectivity index (χ1v) is 5.58. The highest BCUT2D eigenvalue weighted by Gasteiger charge is 2.10. The molecule has 4 heteroatoms. The Hall–Kier alpha value is -1.04. The number of rotatable bonds is 3. The van der Waals surface area contributed by atoms with Crippen molar-refractivity contribution >= 4 is 34.1 Å². The molecule has 0 bridgehead atoms. The van der Waals surface area contributed by atoms with Crippen LogP contribution in [0.2, 0.25) is 0 Å². The summed E-state index contributed by atoms with van der Waals surface area (Å²) >= 11 is 2.28. The SMILES string of the molecule is C=CNc1ccc(I)c(C)c1C(N)=NC. The predicted octanol–water partition coefficient (Wildman–Crippen LogP) is 2.49. The second kappa shape index (κ2) is 5.16. The van der Waals surface area contributed by atoms with E-state index in [-0.39, 0.29) is 0 Å². The molecule has 1 aromatic carbocycles. The van der Waals surface area contributed by atoms with Crippen LogP contribution in [0.3, 0.4) is 0 Å². The molecule has 0 aliphatic carbocycles. The monoisotopic (exact) mass is 315 g/mol. The van der Waals surface area contributed by atoms with E-state index in [1.54, 1.807) is 13.2 Å².